The van der Waals surface area contributed by atoms with E-state index in [4.69, 9.17) is 0 Å². The lowest BCUT2D eigenvalue weighted by molar-refractivity contribution is 0.0695. The first kappa shape index (κ1) is 19.9. The van der Waals surface area contributed by atoms with Crippen LogP contribution in [0.3, 0.4) is 0 Å². The smallest absolute Gasteiger partial charge is 0.257 e. The maximum Gasteiger partial charge on any atom is 0.257 e. The fraction of sp³-hybridized carbons (Fsp3) is 0.316. The Hall–Kier alpha value is -1.90. The predicted octanol–water partition coefficient (Wildman–Crippen LogP) is 2.92. The molecule has 1 aliphatic heterocycles. The first-order chi connectivity index (χ1) is 12.7. The Bertz CT molecular complexity index is 983. The summed E-state index contributed by atoms with van der Waals surface area (Å²) in [7, 11) is -3.59. The van der Waals surface area contributed by atoms with Gasteiger partial charge < -0.3 is 10.0 Å². The lowest BCUT2D eigenvalue weighted by atomic mass is 10.1. The first-order valence-electron chi connectivity index (χ1n) is 8.55. The van der Waals surface area contributed by atoms with Crippen LogP contribution in [0.2, 0.25) is 0 Å². The number of nitrogens with zero attached hydrogens (tertiary/aromatic N) is 2. The number of rotatable bonds is 3. The third kappa shape index (κ3) is 4.02. The van der Waals surface area contributed by atoms with Gasteiger partial charge in [-0.25, -0.2) is 8.42 Å². The molecular formula is C19H21BrN2O4S. The summed E-state index contributed by atoms with van der Waals surface area (Å²) in [5, 5.41) is 9.99. The van der Waals surface area contributed by atoms with Crippen molar-refractivity contribution >= 4 is 31.9 Å². The van der Waals surface area contributed by atoms with Crippen molar-refractivity contribution in [3.8, 4) is 5.75 Å². The number of carbonyl (C=O) groups is 1. The minimum atomic E-state index is -3.59. The van der Waals surface area contributed by atoms with Crippen LogP contribution in [0.15, 0.2) is 45.8 Å². The van der Waals surface area contributed by atoms with Crippen LogP contribution in [-0.2, 0) is 10.0 Å². The number of phenolic OH excluding ortho intramolecular Hbond substituents is 1. The molecule has 1 heterocycles. The van der Waals surface area contributed by atoms with Crippen molar-refractivity contribution < 1.29 is 18.3 Å². The van der Waals surface area contributed by atoms with E-state index in [1.54, 1.807) is 35.2 Å². The second-order valence-electron chi connectivity index (χ2n) is 6.60. The molecule has 1 N–H and O–H groups in total. The van der Waals surface area contributed by atoms with Crippen molar-refractivity contribution in [3.05, 3.63) is 57.6 Å². The molecule has 1 saturated heterocycles. The highest BCUT2D eigenvalue weighted by atomic mass is 79.9. The molecule has 0 saturated carbocycles. The molecule has 2 aromatic carbocycles. The van der Waals surface area contributed by atoms with Gasteiger partial charge in [0.2, 0.25) is 10.0 Å². The summed E-state index contributed by atoms with van der Waals surface area (Å²) < 4.78 is 27.8. The number of aromatic hydroxyl groups is 1. The molecule has 6 nitrogen and oxygen atoms in total. The van der Waals surface area contributed by atoms with Crippen molar-refractivity contribution in [2.75, 3.05) is 26.2 Å². The molecular weight excluding hydrogens is 432 g/mol. The topological polar surface area (TPSA) is 77.9 Å². The largest absolute Gasteiger partial charge is 0.507 e. The summed E-state index contributed by atoms with van der Waals surface area (Å²) in [5.74, 6) is -0.400. The second kappa shape index (κ2) is 7.61. The van der Waals surface area contributed by atoms with E-state index in [1.807, 2.05) is 13.8 Å². The number of aryl methyl sites for hydroxylation is 2. The van der Waals surface area contributed by atoms with Crippen LogP contribution in [0.25, 0.3) is 0 Å². The standard InChI is InChI=1S/C19H21BrN2O4S/c1-13-3-5-16(11-14(13)2)27(25,26)22-9-7-21(8-10-22)19(24)17-6-4-15(20)12-18(17)23/h3-6,11-12,23H,7-10H2,1-2H3. The van der Waals surface area contributed by atoms with Crippen LogP contribution in [0.1, 0.15) is 21.5 Å². The molecule has 0 aliphatic carbocycles. The van der Waals surface area contributed by atoms with Gasteiger partial charge in [-0.05, 0) is 55.3 Å². The van der Waals surface area contributed by atoms with E-state index in [9.17, 15) is 18.3 Å². The van der Waals surface area contributed by atoms with Crippen LogP contribution in [0, 0.1) is 13.8 Å². The molecule has 0 atom stereocenters. The maximum atomic E-state index is 12.9. The average Bonchev–Trinajstić information content (AvgIpc) is 2.63. The number of piperazine rings is 1. The fourth-order valence-corrected chi connectivity index (χ4v) is 4.87. The Balaban J connectivity index is 1.72. The molecule has 0 radical (unpaired) electrons. The zero-order chi connectivity index (χ0) is 19.8. The zero-order valence-corrected chi connectivity index (χ0v) is 17.5. The van der Waals surface area contributed by atoms with Gasteiger partial charge in [0, 0.05) is 30.7 Å². The summed E-state index contributed by atoms with van der Waals surface area (Å²) in [6, 6.07) is 9.82. The van der Waals surface area contributed by atoms with Crippen LogP contribution < -0.4 is 0 Å². The third-order valence-electron chi connectivity index (χ3n) is 4.83. The number of amides is 1. The van der Waals surface area contributed by atoms with Crippen LogP contribution in [0.4, 0.5) is 0 Å². The van der Waals surface area contributed by atoms with Crippen molar-refractivity contribution in [2.24, 2.45) is 0 Å². The maximum absolute atomic E-state index is 12.9. The lowest BCUT2D eigenvalue weighted by Crippen LogP contribution is -2.50. The van der Waals surface area contributed by atoms with Crippen LogP contribution in [0.5, 0.6) is 5.75 Å². The van der Waals surface area contributed by atoms with Gasteiger partial charge in [0.05, 0.1) is 10.5 Å². The van der Waals surface area contributed by atoms with Gasteiger partial charge >= 0.3 is 0 Å². The van der Waals surface area contributed by atoms with Crippen LogP contribution in [-0.4, -0.2) is 54.8 Å². The lowest BCUT2D eigenvalue weighted by Gasteiger charge is -2.34. The highest BCUT2D eigenvalue weighted by Gasteiger charge is 2.31. The summed E-state index contributed by atoms with van der Waals surface area (Å²) in [5.41, 5.74) is 2.18. The molecule has 0 spiro atoms. The molecule has 0 unspecified atom stereocenters. The van der Waals surface area contributed by atoms with E-state index in [1.165, 1.54) is 10.4 Å². The fourth-order valence-electron chi connectivity index (χ4n) is 3.01. The van der Waals surface area contributed by atoms with Gasteiger partial charge in [-0.15, -0.1) is 0 Å². The first-order valence-corrected chi connectivity index (χ1v) is 10.8. The monoisotopic (exact) mass is 452 g/mol. The number of halogens is 1. The highest BCUT2D eigenvalue weighted by molar-refractivity contribution is 9.10. The molecule has 2 aromatic rings. The third-order valence-corrected chi connectivity index (χ3v) is 7.22. The van der Waals surface area contributed by atoms with E-state index >= 15 is 0 Å². The molecule has 0 bridgehead atoms. The summed E-state index contributed by atoms with van der Waals surface area (Å²) in [4.78, 5) is 14.5. The van der Waals surface area contributed by atoms with Gasteiger partial charge in [0.15, 0.2) is 0 Å². The average molecular weight is 453 g/mol. The summed E-state index contributed by atoms with van der Waals surface area (Å²) in [6.07, 6.45) is 0. The number of carbonyl (C=O) groups excluding carboxylic acids is 1. The predicted molar refractivity (Wildman–Crippen MR) is 106 cm³/mol. The van der Waals surface area contributed by atoms with E-state index in [-0.39, 0.29) is 48.3 Å². The number of hydrogen-bond acceptors (Lipinski definition) is 4. The molecule has 1 fully saturated rings. The minimum absolute atomic E-state index is 0.0976. The molecule has 1 aliphatic rings. The second-order valence-corrected chi connectivity index (χ2v) is 9.46. The van der Waals surface area contributed by atoms with Gasteiger partial charge in [0.1, 0.15) is 5.75 Å². The Kier molecular flexibility index (Phi) is 5.60. The van der Waals surface area contributed by atoms with Crippen molar-refractivity contribution in [3.63, 3.8) is 0 Å². The minimum Gasteiger partial charge on any atom is -0.507 e. The van der Waals surface area contributed by atoms with Gasteiger partial charge in [-0.2, -0.15) is 4.31 Å². The molecule has 27 heavy (non-hydrogen) atoms. The Morgan fingerprint density at radius 2 is 1.67 bits per heavy atom. The number of phenols is 1. The number of sulfonamides is 1. The van der Waals surface area contributed by atoms with Gasteiger partial charge in [-0.3, -0.25) is 4.79 Å². The van der Waals surface area contributed by atoms with Crippen molar-refractivity contribution in [1.82, 2.24) is 9.21 Å². The molecule has 1 amide bonds. The van der Waals surface area contributed by atoms with Crippen molar-refractivity contribution in [1.29, 1.82) is 0 Å². The molecule has 3 rings (SSSR count). The quantitative estimate of drug-likeness (QED) is 0.776. The van der Waals surface area contributed by atoms with Crippen molar-refractivity contribution in [2.45, 2.75) is 18.7 Å². The van der Waals surface area contributed by atoms with E-state index < -0.39 is 10.0 Å². The van der Waals surface area contributed by atoms with Gasteiger partial charge in [-0.1, -0.05) is 22.0 Å². The number of hydrogen-bond donors (Lipinski definition) is 1. The van der Waals surface area contributed by atoms with E-state index in [0.717, 1.165) is 11.1 Å². The van der Waals surface area contributed by atoms with Gasteiger partial charge in [0.25, 0.3) is 5.91 Å². The van der Waals surface area contributed by atoms with Crippen LogP contribution >= 0.6 is 15.9 Å². The number of benzene rings is 2. The highest BCUT2D eigenvalue weighted by Crippen LogP contribution is 2.25. The Morgan fingerprint density at radius 1 is 1.00 bits per heavy atom. The Labute approximate surface area is 167 Å². The summed E-state index contributed by atoms with van der Waals surface area (Å²) >= 11 is 3.24. The Morgan fingerprint density at radius 3 is 2.26 bits per heavy atom. The van der Waals surface area contributed by atoms with E-state index in [0.29, 0.717) is 4.47 Å². The molecule has 144 valence electrons. The van der Waals surface area contributed by atoms with E-state index in [2.05, 4.69) is 15.9 Å². The molecule has 0 aromatic heterocycles. The molecule has 8 heteroatoms. The summed E-state index contributed by atoms with van der Waals surface area (Å²) in [6.45, 7) is 4.82. The normalized spacial score (nSPS) is 15.7. The SMILES string of the molecule is Cc1ccc(S(=O)(=O)N2CCN(C(=O)c3ccc(Br)cc3O)CC2)cc1C. The zero-order valence-electron chi connectivity index (χ0n) is 15.1.